The summed E-state index contributed by atoms with van der Waals surface area (Å²) in [6.07, 6.45) is 0. The van der Waals surface area contributed by atoms with E-state index in [0.29, 0.717) is 13.1 Å². The Morgan fingerprint density at radius 3 is 2.27 bits per heavy atom. The molecule has 0 bridgehead atoms. The van der Waals surface area contributed by atoms with Crippen LogP contribution in [0.2, 0.25) is 0 Å². The smallest absolute Gasteiger partial charge is 0.234 e. The molecule has 1 saturated heterocycles. The third-order valence-corrected chi connectivity index (χ3v) is 5.53. The molecule has 1 N–H and O–H groups in total. The highest BCUT2D eigenvalue weighted by atomic mass is 32.2. The van der Waals surface area contributed by atoms with Crippen LogP contribution < -0.4 is 5.32 Å². The van der Waals surface area contributed by atoms with Crippen LogP contribution in [0, 0.1) is 13.8 Å². The van der Waals surface area contributed by atoms with E-state index >= 15 is 0 Å². The predicted octanol–water partition coefficient (Wildman–Crippen LogP) is 1.21. The minimum Gasteiger partial charge on any atom is -0.348 e. The van der Waals surface area contributed by atoms with Crippen LogP contribution in [0.3, 0.4) is 0 Å². The van der Waals surface area contributed by atoms with Crippen molar-refractivity contribution in [3.05, 3.63) is 34.9 Å². The van der Waals surface area contributed by atoms with E-state index in [1.807, 2.05) is 25.7 Å². The van der Waals surface area contributed by atoms with Crippen molar-refractivity contribution < 1.29 is 13.2 Å². The maximum Gasteiger partial charge on any atom is 0.234 e. The van der Waals surface area contributed by atoms with Gasteiger partial charge in [0.15, 0.2) is 9.84 Å². The van der Waals surface area contributed by atoms with Gasteiger partial charge in [0, 0.05) is 13.1 Å². The Balaban J connectivity index is 1.89. The number of benzene rings is 1. The molecular formula is C16H24N2O3S. The summed E-state index contributed by atoms with van der Waals surface area (Å²) in [7, 11) is -2.90. The molecule has 0 aromatic heterocycles. The highest BCUT2D eigenvalue weighted by Gasteiger charge is 2.23. The van der Waals surface area contributed by atoms with Crippen molar-refractivity contribution >= 4 is 15.7 Å². The van der Waals surface area contributed by atoms with Crippen molar-refractivity contribution in [1.29, 1.82) is 0 Å². The van der Waals surface area contributed by atoms with Gasteiger partial charge in [0.2, 0.25) is 5.91 Å². The Labute approximate surface area is 132 Å². The first-order valence-electron chi connectivity index (χ1n) is 7.55. The average molecular weight is 324 g/mol. The van der Waals surface area contributed by atoms with Crippen molar-refractivity contribution in [2.75, 3.05) is 31.1 Å². The van der Waals surface area contributed by atoms with E-state index in [-0.39, 0.29) is 30.0 Å². The molecule has 2 rings (SSSR count). The quantitative estimate of drug-likeness (QED) is 0.904. The number of nitrogens with one attached hydrogen (secondary N) is 1. The van der Waals surface area contributed by atoms with Crippen molar-refractivity contribution in [2.45, 2.75) is 26.8 Å². The zero-order valence-electron chi connectivity index (χ0n) is 13.4. The van der Waals surface area contributed by atoms with Crippen molar-refractivity contribution in [3.63, 3.8) is 0 Å². The maximum absolute atomic E-state index is 12.1. The number of carbonyl (C=O) groups excluding carboxylic acids is 1. The molecule has 0 aliphatic carbocycles. The zero-order chi connectivity index (χ0) is 16.3. The monoisotopic (exact) mass is 324 g/mol. The molecule has 0 saturated carbocycles. The molecule has 1 atom stereocenters. The normalized spacial score (nSPS) is 19.6. The lowest BCUT2D eigenvalue weighted by Crippen LogP contribution is -2.45. The fourth-order valence-electron chi connectivity index (χ4n) is 2.74. The molecule has 22 heavy (non-hydrogen) atoms. The molecule has 0 spiro atoms. The number of hydrogen-bond acceptors (Lipinski definition) is 4. The van der Waals surface area contributed by atoms with Crippen LogP contribution in [0.1, 0.15) is 29.7 Å². The van der Waals surface area contributed by atoms with E-state index in [2.05, 4.69) is 23.5 Å². The van der Waals surface area contributed by atoms with Crippen LogP contribution in [0.4, 0.5) is 0 Å². The third kappa shape index (κ3) is 4.81. The topological polar surface area (TPSA) is 66.5 Å². The predicted molar refractivity (Wildman–Crippen MR) is 87.6 cm³/mol. The molecule has 122 valence electrons. The molecule has 1 aromatic rings. The van der Waals surface area contributed by atoms with Crippen LogP contribution in [-0.2, 0) is 14.6 Å². The second kappa shape index (κ2) is 6.79. The fourth-order valence-corrected chi connectivity index (χ4v) is 4.02. The van der Waals surface area contributed by atoms with Crippen LogP contribution in [0.15, 0.2) is 18.2 Å². The van der Waals surface area contributed by atoms with Gasteiger partial charge < -0.3 is 5.32 Å². The molecule has 1 amide bonds. The zero-order valence-corrected chi connectivity index (χ0v) is 14.2. The first-order valence-corrected chi connectivity index (χ1v) is 9.38. The van der Waals surface area contributed by atoms with E-state index in [9.17, 15) is 13.2 Å². The number of nitrogens with zero attached hydrogens (tertiary/aromatic N) is 1. The van der Waals surface area contributed by atoms with Crippen molar-refractivity contribution in [3.8, 4) is 0 Å². The second-order valence-electron chi connectivity index (χ2n) is 6.14. The Morgan fingerprint density at radius 2 is 1.73 bits per heavy atom. The van der Waals surface area contributed by atoms with E-state index in [1.165, 1.54) is 11.1 Å². The van der Waals surface area contributed by atoms with Gasteiger partial charge in [0.1, 0.15) is 0 Å². The van der Waals surface area contributed by atoms with E-state index < -0.39 is 9.84 Å². The molecule has 1 heterocycles. The van der Waals surface area contributed by atoms with Gasteiger partial charge in [-0.3, -0.25) is 9.69 Å². The van der Waals surface area contributed by atoms with Crippen LogP contribution in [-0.4, -0.2) is 50.4 Å². The molecule has 1 aromatic carbocycles. The molecular weight excluding hydrogens is 300 g/mol. The van der Waals surface area contributed by atoms with Crippen LogP contribution in [0.25, 0.3) is 0 Å². The molecule has 6 heteroatoms. The summed E-state index contributed by atoms with van der Waals surface area (Å²) in [5.41, 5.74) is 3.45. The average Bonchev–Trinajstić information content (AvgIpc) is 2.40. The number of amides is 1. The lowest BCUT2D eigenvalue weighted by molar-refractivity contribution is -0.122. The molecule has 1 fully saturated rings. The Morgan fingerprint density at radius 1 is 1.18 bits per heavy atom. The van der Waals surface area contributed by atoms with Gasteiger partial charge in [-0.25, -0.2) is 8.42 Å². The molecule has 5 nitrogen and oxygen atoms in total. The first kappa shape index (κ1) is 17.0. The number of sulfone groups is 1. The summed E-state index contributed by atoms with van der Waals surface area (Å²) in [5.74, 6) is 0.228. The Bertz CT molecular complexity index is 621. The lowest BCUT2D eigenvalue weighted by Gasteiger charge is -2.26. The Kier molecular flexibility index (Phi) is 5.24. The number of hydrogen-bond donors (Lipinski definition) is 1. The third-order valence-electron chi connectivity index (χ3n) is 3.93. The van der Waals surface area contributed by atoms with Gasteiger partial charge >= 0.3 is 0 Å². The second-order valence-corrected chi connectivity index (χ2v) is 8.44. The van der Waals surface area contributed by atoms with Gasteiger partial charge in [-0.05, 0) is 26.3 Å². The van der Waals surface area contributed by atoms with E-state index in [0.717, 1.165) is 5.56 Å². The summed E-state index contributed by atoms with van der Waals surface area (Å²) in [6, 6.07) is 6.20. The number of aryl methyl sites for hydroxylation is 2. The molecule has 0 radical (unpaired) electrons. The summed E-state index contributed by atoms with van der Waals surface area (Å²) in [6.45, 7) is 7.18. The van der Waals surface area contributed by atoms with Crippen LogP contribution >= 0.6 is 0 Å². The summed E-state index contributed by atoms with van der Waals surface area (Å²) < 4.78 is 22.8. The largest absolute Gasteiger partial charge is 0.348 e. The van der Waals surface area contributed by atoms with Gasteiger partial charge in [0.25, 0.3) is 0 Å². The maximum atomic E-state index is 12.1. The van der Waals surface area contributed by atoms with Gasteiger partial charge in [-0.1, -0.05) is 29.3 Å². The minimum absolute atomic E-state index is 0.0559. The first-order chi connectivity index (χ1) is 10.2. The summed E-state index contributed by atoms with van der Waals surface area (Å²) >= 11 is 0. The standard InChI is InChI=1S/C16H24N2O3S/c1-12-8-13(2)10-15(9-12)14(3)17-16(19)11-18-4-6-22(20,21)7-5-18/h8-10,14H,4-7,11H2,1-3H3,(H,17,19)/t14-/m1/s1. The fraction of sp³-hybridized carbons (Fsp3) is 0.562. The number of rotatable bonds is 4. The minimum atomic E-state index is -2.90. The molecule has 1 aliphatic heterocycles. The number of carbonyl (C=O) groups is 1. The van der Waals surface area contributed by atoms with Crippen molar-refractivity contribution in [1.82, 2.24) is 10.2 Å². The SMILES string of the molecule is Cc1cc(C)cc([C@@H](C)NC(=O)CN2CCS(=O)(=O)CC2)c1. The molecule has 0 unspecified atom stereocenters. The highest BCUT2D eigenvalue weighted by molar-refractivity contribution is 7.91. The Hall–Kier alpha value is -1.40. The van der Waals surface area contributed by atoms with Crippen molar-refractivity contribution in [2.24, 2.45) is 0 Å². The van der Waals surface area contributed by atoms with Gasteiger partial charge in [-0.15, -0.1) is 0 Å². The summed E-state index contributed by atoms with van der Waals surface area (Å²) in [4.78, 5) is 14.0. The highest BCUT2D eigenvalue weighted by Crippen LogP contribution is 2.16. The lowest BCUT2D eigenvalue weighted by atomic mass is 10.0. The van der Waals surface area contributed by atoms with Gasteiger partial charge in [0.05, 0.1) is 24.1 Å². The molecule has 1 aliphatic rings. The summed E-state index contributed by atoms with van der Waals surface area (Å²) in [5, 5.41) is 2.99. The van der Waals surface area contributed by atoms with E-state index in [4.69, 9.17) is 0 Å². The van der Waals surface area contributed by atoms with E-state index in [1.54, 1.807) is 0 Å². The van der Waals surface area contributed by atoms with Crippen LogP contribution in [0.5, 0.6) is 0 Å². The van der Waals surface area contributed by atoms with Gasteiger partial charge in [-0.2, -0.15) is 0 Å².